The zero-order chi connectivity index (χ0) is 12.8. The molecule has 0 aliphatic carbocycles. The molecule has 0 saturated carbocycles. The predicted octanol–water partition coefficient (Wildman–Crippen LogP) is 1.53. The molecule has 0 aliphatic rings. The Labute approximate surface area is 102 Å². The van der Waals surface area contributed by atoms with Crippen LogP contribution in [0.15, 0.2) is 6.20 Å². The number of hydrogen-bond donors (Lipinski definition) is 3. The molecule has 0 spiro atoms. The van der Waals surface area contributed by atoms with Crippen LogP contribution in [0, 0.1) is 11.8 Å². The molecule has 96 valence electrons. The van der Waals surface area contributed by atoms with Crippen molar-refractivity contribution in [2.75, 3.05) is 11.9 Å². The van der Waals surface area contributed by atoms with Crippen LogP contribution in [0.1, 0.15) is 32.8 Å². The Morgan fingerprint density at radius 3 is 2.82 bits per heavy atom. The number of nitrogens with zero attached hydrogens (tertiary/aromatic N) is 1. The van der Waals surface area contributed by atoms with E-state index in [9.17, 15) is 4.79 Å². The van der Waals surface area contributed by atoms with Crippen LogP contribution in [0.5, 0.6) is 0 Å². The molecular formula is C12H22N4O. The lowest BCUT2D eigenvalue weighted by atomic mass is 9.96. The second kappa shape index (κ2) is 6.39. The van der Waals surface area contributed by atoms with Crippen molar-refractivity contribution in [1.82, 2.24) is 10.2 Å². The van der Waals surface area contributed by atoms with Gasteiger partial charge in [0.25, 0.3) is 0 Å². The van der Waals surface area contributed by atoms with Gasteiger partial charge in [-0.05, 0) is 18.8 Å². The Bertz CT molecular complexity index is 359. The number of aromatic nitrogens is 2. The number of aryl methyl sites for hydroxylation is 1. The molecule has 0 fully saturated rings. The van der Waals surface area contributed by atoms with Crippen molar-refractivity contribution >= 4 is 11.7 Å². The van der Waals surface area contributed by atoms with Crippen LogP contribution in [-0.2, 0) is 11.2 Å². The Hall–Kier alpha value is -1.36. The van der Waals surface area contributed by atoms with Gasteiger partial charge in [-0.3, -0.25) is 9.89 Å². The maximum Gasteiger partial charge on any atom is 0.229 e. The maximum atomic E-state index is 12.0. The number of carbonyl (C=O) groups is 1. The minimum Gasteiger partial charge on any atom is -0.330 e. The highest BCUT2D eigenvalue weighted by Crippen LogP contribution is 2.16. The van der Waals surface area contributed by atoms with Gasteiger partial charge in [0.15, 0.2) is 0 Å². The first-order valence-corrected chi connectivity index (χ1v) is 6.11. The van der Waals surface area contributed by atoms with Gasteiger partial charge in [0.05, 0.1) is 12.1 Å². The van der Waals surface area contributed by atoms with Crippen LogP contribution < -0.4 is 11.1 Å². The third kappa shape index (κ3) is 3.85. The Kier molecular flexibility index (Phi) is 5.15. The summed E-state index contributed by atoms with van der Waals surface area (Å²) in [7, 11) is 0. The lowest BCUT2D eigenvalue weighted by Crippen LogP contribution is -2.30. The molecule has 5 nitrogen and oxygen atoms in total. The van der Waals surface area contributed by atoms with E-state index in [4.69, 9.17) is 5.73 Å². The second-order valence-electron chi connectivity index (χ2n) is 4.68. The van der Waals surface area contributed by atoms with Crippen molar-refractivity contribution in [2.45, 2.75) is 33.6 Å². The molecule has 0 aromatic carbocycles. The molecule has 0 aliphatic heterocycles. The van der Waals surface area contributed by atoms with Gasteiger partial charge >= 0.3 is 0 Å². The Morgan fingerprint density at radius 1 is 1.59 bits per heavy atom. The van der Waals surface area contributed by atoms with Crippen LogP contribution >= 0.6 is 0 Å². The molecule has 1 rings (SSSR count). The average Bonchev–Trinajstić information content (AvgIpc) is 2.72. The fraction of sp³-hybridized carbons (Fsp3) is 0.667. The molecule has 17 heavy (non-hydrogen) atoms. The third-order valence-corrected chi connectivity index (χ3v) is 2.76. The fourth-order valence-corrected chi connectivity index (χ4v) is 1.79. The van der Waals surface area contributed by atoms with E-state index in [1.54, 1.807) is 6.20 Å². The molecule has 1 aromatic heterocycles. The summed E-state index contributed by atoms with van der Waals surface area (Å²) in [6.45, 7) is 6.57. The van der Waals surface area contributed by atoms with Gasteiger partial charge in [-0.1, -0.05) is 20.8 Å². The lowest BCUT2D eigenvalue weighted by molar-refractivity contribution is -0.120. The summed E-state index contributed by atoms with van der Waals surface area (Å²) in [5.41, 5.74) is 6.65. The second-order valence-corrected chi connectivity index (χ2v) is 4.68. The van der Waals surface area contributed by atoms with Crippen LogP contribution in [0.2, 0.25) is 0 Å². The summed E-state index contributed by atoms with van der Waals surface area (Å²) >= 11 is 0. The van der Waals surface area contributed by atoms with Crippen molar-refractivity contribution in [1.29, 1.82) is 0 Å². The van der Waals surface area contributed by atoms with E-state index in [1.807, 2.05) is 6.92 Å². The number of anilines is 1. The first-order valence-electron chi connectivity index (χ1n) is 6.11. The molecule has 1 aromatic rings. The first-order chi connectivity index (χ1) is 8.08. The summed E-state index contributed by atoms with van der Waals surface area (Å²) in [4.78, 5) is 12.0. The molecule has 4 N–H and O–H groups in total. The summed E-state index contributed by atoms with van der Waals surface area (Å²) in [5.74, 6) is 0.990. The summed E-state index contributed by atoms with van der Waals surface area (Å²) in [6.07, 6.45) is 3.37. The van der Waals surface area contributed by atoms with E-state index in [-0.39, 0.29) is 11.8 Å². The van der Waals surface area contributed by atoms with Gasteiger partial charge in [-0.2, -0.15) is 5.10 Å². The van der Waals surface area contributed by atoms with E-state index in [0.29, 0.717) is 18.3 Å². The zero-order valence-electron chi connectivity index (χ0n) is 10.8. The van der Waals surface area contributed by atoms with Crippen molar-refractivity contribution in [3.05, 3.63) is 11.8 Å². The summed E-state index contributed by atoms with van der Waals surface area (Å²) < 4.78 is 0. The number of amides is 1. The molecule has 0 radical (unpaired) electrons. The minimum atomic E-state index is -0.136. The molecule has 0 bridgehead atoms. The number of aromatic amines is 1. The van der Waals surface area contributed by atoms with Crippen LogP contribution in [0.3, 0.4) is 0 Å². The Balaban J connectivity index is 2.64. The topological polar surface area (TPSA) is 83.8 Å². The van der Waals surface area contributed by atoms with E-state index in [2.05, 4.69) is 29.4 Å². The Morgan fingerprint density at radius 2 is 2.29 bits per heavy atom. The normalized spacial score (nSPS) is 12.8. The summed E-state index contributed by atoms with van der Waals surface area (Å²) in [6, 6.07) is 0. The van der Waals surface area contributed by atoms with Gasteiger partial charge in [-0.15, -0.1) is 0 Å². The first kappa shape index (κ1) is 13.7. The maximum absolute atomic E-state index is 12.0. The summed E-state index contributed by atoms with van der Waals surface area (Å²) in [5, 5.41) is 9.58. The van der Waals surface area contributed by atoms with Gasteiger partial charge in [0.2, 0.25) is 5.91 Å². The highest BCUT2D eigenvalue weighted by molar-refractivity contribution is 5.92. The number of H-pyrrole nitrogens is 1. The average molecular weight is 238 g/mol. The van der Waals surface area contributed by atoms with Crippen LogP contribution in [0.25, 0.3) is 0 Å². The van der Waals surface area contributed by atoms with Gasteiger partial charge < -0.3 is 11.1 Å². The third-order valence-electron chi connectivity index (χ3n) is 2.76. The van der Waals surface area contributed by atoms with Gasteiger partial charge in [0, 0.05) is 12.1 Å². The number of rotatable bonds is 6. The van der Waals surface area contributed by atoms with E-state index >= 15 is 0 Å². The fourth-order valence-electron chi connectivity index (χ4n) is 1.79. The number of nitrogens with one attached hydrogen (secondary N) is 2. The van der Waals surface area contributed by atoms with Gasteiger partial charge in [-0.25, -0.2) is 0 Å². The predicted molar refractivity (Wildman–Crippen MR) is 68.6 cm³/mol. The molecule has 0 saturated heterocycles. The largest absolute Gasteiger partial charge is 0.330 e. The van der Waals surface area contributed by atoms with E-state index in [0.717, 1.165) is 18.4 Å². The number of nitrogens with two attached hydrogens (primary N) is 1. The SMILES string of the molecule is CCc1cn[nH]c1NC(=O)C(CN)CC(C)C. The molecule has 1 amide bonds. The van der Waals surface area contributed by atoms with Gasteiger partial charge in [0.1, 0.15) is 5.82 Å². The number of carbonyl (C=O) groups excluding carboxylic acids is 1. The lowest BCUT2D eigenvalue weighted by Gasteiger charge is -2.16. The quantitative estimate of drug-likeness (QED) is 0.702. The molecule has 1 unspecified atom stereocenters. The minimum absolute atomic E-state index is 0.0276. The van der Waals surface area contributed by atoms with Crippen LogP contribution in [0.4, 0.5) is 5.82 Å². The standard InChI is InChI=1S/C12H22N4O/c1-4-9-7-14-16-11(9)15-12(17)10(6-13)5-8(2)3/h7-8,10H,4-6,13H2,1-3H3,(H2,14,15,16,17). The monoisotopic (exact) mass is 238 g/mol. The number of hydrogen-bond acceptors (Lipinski definition) is 3. The highest BCUT2D eigenvalue weighted by atomic mass is 16.2. The highest BCUT2D eigenvalue weighted by Gasteiger charge is 2.19. The van der Waals surface area contributed by atoms with Crippen molar-refractivity contribution in [2.24, 2.45) is 17.6 Å². The van der Waals surface area contributed by atoms with Crippen molar-refractivity contribution in [3.8, 4) is 0 Å². The van der Waals surface area contributed by atoms with Crippen molar-refractivity contribution < 1.29 is 4.79 Å². The molecule has 1 atom stereocenters. The molecular weight excluding hydrogens is 216 g/mol. The molecule has 1 heterocycles. The van der Waals surface area contributed by atoms with E-state index < -0.39 is 0 Å². The van der Waals surface area contributed by atoms with Crippen molar-refractivity contribution in [3.63, 3.8) is 0 Å². The smallest absolute Gasteiger partial charge is 0.229 e. The van der Waals surface area contributed by atoms with E-state index in [1.165, 1.54) is 0 Å². The van der Waals surface area contributed by atoms with Crippen LogP contribution in [-0.4, -0.2) is 22.6 Å². The molecule has 5 heteroatoms. The zero-order valence-corrected chi connectivity index (χ0v) is 10.8.